The van der Waals surface area contributed by atoms with E-state index in [1.54, 1.807) is 26.3 Å². The molecule has 2 aromatic heterocycles. The lowest BCUT2D eigenvalue weighted by Crippen LogP contribution is -2.46. The Morgan fingerprint density at radius 2 is 1.23 bits per heavy atom. The maximum Gasteiger partial charge on any atom is 0.332 e. The molecule has 2 amide bonds. The minimum absolute atomic E-state index is 0.0693. The van der Waals surface area contributed by atoms with Crippen molar-refractivity contribution >= 4 is 28.9 Å². The van der Waals surface area contributed by atoms with Crippen LogP contribution in [0, 0.1) is 0 Å². The molecule has 0 aromatic carbocycles. The van der Waals surface area contributed by atoms with Crippen LogP contribution in [0.2, 0.25) is 0 Å². The van der Waals surface area contributed by atoms with Crippen molar-refractivity contribution in [2.45, 2.75) is 27.7 Å². The van der Waals surface area contributed by atoms with Gasteiger partial charge >= 0.3 is 5.69 Å². The van der Waals surface area contributed by atoms with Crippen molar-refractivity contribution in [2.24, 2.45) is 21.1 Å². The fourth-order valence-electron chi connectivity index (χ4n) is 3.67. The second kappa shape index (κ2) is 9.80. The standard InChI is InChI=1S/C20H33N7O4/c1-8-25(9-2)14(28)12-27(13-15(29)26(10-3)11-4)19-21-17-16(22(19)5)18(30)24(7)20(31)23(17)6/h8-13H2,1-7H3. The molecule has 31 heavy (non-hydrogen) atoms. The van der Waals surface area contributed by atoms with Crippen LogP contribution < -0.4 is 16.1 Å². The van der Waals surface area contributed by atoms with E-state index in [9.17, 15) is 19.2 Å². The Hall–Kier alpha value is -3.11. The number of aromatic nitrogens is 4. The normalized spacial score (nSPS) is 11.1. The molecular weight excluding hydrogens is 402 g/mol. The highest BCUT2D eigenvalue weighted by molar-refractivity contribution is 5.87. The van der Waals surface area contributed by atoms with Crippen LogP contribution in [0.15, 0.2) is 9.59 Å². The molecule has 172 valence electrons. The SMILES string of the molecule is CCN(CC)C(=O)CN(CC(=O)N(CC)CC)c1nc2c(c(=O)n(C)c(=O)n2C)n1C. The fourth-order valence-corrected chi connectivity index (χ4v) is 3.67. The average molecular weight is 436 g/mol. The van der Waals surface area contributed by atoms with Crippen molar-refractivity contribution in [3.63, 3.8) is 0 Å². The monoisotopic (exact) mass is 435 g/mol. The van der Waals surface area contributed by atoms with Gasteiger partial charge in [-0.15, -0.1) is 0 Å². The summed E-state index contributed by atoms with van der Waals surface area (Å²) in [5, 5.41) is 0. The molecule has 0 saturated carbocycles. The Labute approximate surface area is 181 Å². The van der Waals surface area contributed by atoms with E-state index >= 15 is 0 Å². The molecule has 2 rings (SSSR count). The van der Waals surface area contributed by atoms with E-state index in [0.717, 1.165) is 4.57 Å². The first-order chi connectivity index (χ1) is 14.6. The van der Waals surface area contributed by atoms with Crippen LogP contribution in [-0.4, -0.2) is 79.6 Å². The molecule has 0 spiro atoms. The minimum Gasteiger partial charge on any atom is -0.342 e. The highest BCUT2D eigenvalue weighted by atomic mass is 16.2. The Bertz CT molecular complexity index is 1050. The molecule has 11 heteroatoms. The molecule has 0 unspecified atom stereocenters. The second-order valence-electron chi connectivity index (χ2n) is 7.34. The van der Waals surface area contributed by atoms with Gasteiger partial charge in [-0.2, -0.15) is 4.98 Å². The summed E-state index contributed by atoms with van der Waals surface area (Å²) < 4.78 is 3.85. The molecular formula is C20H33N7O4. The number of aryl methyl sites for hydroxylation is 2. The molecule has 0 aliphatic carbocycles. The number of hydrogen-bond acceptors (Lipinski definition) is 6. The predicted octanol–water partition coefficient (Wildman–Crippen LogP) is -0.486. The molecule has 2 aromatic rings. The first-order valence-electron chi connectivity index (χ1n) is 10.6. The van der Waals surface area contributed by atoms with Crippen molar-refractivity contribution in [1.82, 2.24) is 28.5 Å². The van der Waals surface area contributed by atoms with Crippen LogP contribution in [0.5, 0.6) is 0 Å². The van der Waals surface area contributed by atoms with Gasteiger partial charge in [-0.25, -0.2) is 4.79 Å². The topological polar surface area (TPSA) is 106 Å². The number of nitrogens with zero attached hydrogens (tertiary/aromatic N) is 7. The van der Waals surface area contributed by atoms with Gasteiger partial charge in [-0.1, -0.05) is 0 Å². The predicted molar refractivity (Wildman–Crippen MR) is 119 cm³/mol. The van der Waals surface area contributed by atoms with E-state index in [0.29, 0.717) is 26.2 Å². The van der Waals surface area contributed by atoms with E-state index in [4.69, 9.17) is 0 Å². The average Bonchev–Trinajstić information content (AvgIpc) is 3.09. The Morgan fingerprint density at radius 1 is 0.774 bits per heavy atom. The molecule has 0 N–H and O–H groups in total. The van der Waals surface area contributed by atoms with Gasteiger partial charge in [0.25, 0.3) is 5.56 Å². The van der Waals surface area contributed by atoms with Crippen LogP contribution in [-0.2, 0) is 30.7 Å². The van der Waals surface area contributed by atoms with Gasteiger partial charge in [0, 0.05) is 47.3 Å². The third kappa shape index (κ3) is 4.49. The number of hydrogen-bond donors (Lipinski definition) is 0. The molecule has 11 nitrogen and oxygen atoms in total. The van der Waals surface area contributed by atoms with Crippen molar-refractivity contribution in [1.29, 1.82) is 0 Å². The van der Waals surface area contributed by atoms with Gasteiger partial charge < -0.3 is 19.3 Å². The Balaban J connectivity index is 2.62. The Morgan fingerprint density at radius 3 is 1.65 bits per heavy atom. The van der Waals surface area contributed by atoms with Crippen LogP contribution >= 0.6 is 0 Å². The zero-order valence-corrected chi connectivity index (χ0v) is 19.5. The summed E-state index contributed by atoms with van der Waals surface area (Å²) in [5.74, 6) is -0.00768. The molecule has 0 bridgehead atoms. The summed E-state index contributed by atoms with van der Waals surface area (Å²) in [6, 6.07) is 0. The van der Waals surface area contributed by atoms with Crippen LogP contribution in [0.1, 0.15) is 27.7 Å². The van der Waals surface area contributed by atoms with Gasteiger partial charge in [0.15, 0.2) is 11.2 Å². The molecule has 0 aliphatic rings. The maximum atomic E-state index is 12.8. The number of amides is 2. The first kappa shape index (κ1) is 24.2. The molecule has 0 saturated heterocycles. The van der Waals surface area contributed by atoms with Gasteiger partial charge in [-0.3, -0.25) is 23.5 Å². The van der Waals surface area contributed by atoms with Crippen LogP contribution in [0.25, 0.3) is 11.2 Å². The lowest BCUT2D eigenvalue weighted by molar-refractivity contribution is -0.130. The third-order valence-electron chi connectivity index (χ3n) is 5.62. The molecule has 0 fully saturated rings. The number of carbonyl (C=O) groups is 2. The number of likely N-dealkylation sites (N-methyl/N-ethyl adjacent to an activating group) is 2. The summed E-state index contributed by atoms with van der Waals surface area (Å²) in [5.41, 5.74) is -0.534. The van der Waals surface area contributed by atoms with E-state index in [-0.39, 0.29) is 42.0 Å². The van der Waals surface area contributed by atoms with E-state index in [2.05, 4.69) is 4.98 Å². The zero-order valence-electron chi connectivity index (χ0n) is 19.5. The smallest absolute Gasteiger partial charge is 0.332 e. The molecule has 0 aliphatic heterocycles. The number of carbonyl (C=O) groups excluding carboxylic acids is 2. The number of fused-ring (bicyclic) bond motifs is 1. The van der Waals surface area contributed by atoms with Crippen molar-refractivity contribution < 1.29 is 9.59 Å². The van der Waals surface area contributed by atoms with Crippen molar-refractivity contribution in [3.8, 4) is 0 Å². The first-order valence-corrected chi connectivity index (χ1v) is 10.6. The number of rotatable bonds is 9. The number of anilines is 1. The largest absolute Gasteiger partial charge is 0.342 e. The molecule has 0 atom stereocenters. The van der Waals surface area contributed by atoms with Gasteiger partial charge in [-0.05, 0) is 27.7 Å². The summed E-state index contributed by atoms with van der Waals surface area (Å²) in [6.45, 7) is 9.61. The van der Waals surface area contributed by atoms with E-state index < -0.39 is 11.2 Å². The van der Waals surface area contributed by atoms with Crippen molar-refractivity contribution in [3.05, 3.63) is 20.8 Å². The second-order valence-corrected chi connectivity index (χ2v) is 7.34. The summed E-state index contributed by atoms with van der Waals surface area (Å²) in [7, 11) is 4.59. The van der Waals surface area contributed by atoms with Gasteiger partial charge in [0.1, 0.15) is 13.1 Å². The fraction of sp³-hybridized carbons (Fsp3) is 0.650. The molecule has 0 radical (unpaired) electrons. The highest BCUT2D eigenvalue weighted by Gasteiger charge is 2.26. The van der Waals surface area contributed by atoms with Gasteiger partial charge in [0.2, 0.25) is 17.8 Å². The van der Waals surface area contributed by atoms with Crippen LogP contribution in [0.4, 0.5) is 5.95 Å². The van der Waals surface area contributed by atoms with E-state index in [1.165, 1.54) is 18.7 Å². The minimum atomic E-state index is -0.493. The summed E-state index contributed by atoms with van der Waals surface area (Å²) >= 11 is 0. The van der Waals surface area contributed by atoms with Crippen LogP contribution in [0.3, 0.4) is 0 Å². The summed E-state index contributed by atoms with van der Waals surface area (Å²) in [6.07, 6.45) is 0. The maximum absolute atomic E-state index is 12.8. The number of imidazole rings is 1. The Kier molecular flexibility index (Phi) is 7.64. The lowest BCUT2D eigenvalue weighted by atomic mass is 10.3. The molecule has 2 heterocycles. The zero-order chi connectivity index (χ0) is 23.5. The summed E-state index contributed by atoms with van der Waals surface area (Å²) in [4.78, 5) is 60.2. The van der Waals surface area contributed by atoms with Crippen molar-refractivity contribution in [2.75, 3.05) is 44.2 Å². The lowest BCUT2D eigenvalue weighted by Gasteiger charge is -2.28. The quantitative estimate of drug-likeness (QED) is 0.527. The van der Waals surface area contributed by atoms with E-state index in [1.807, 2.05) is 27.7 Å². The van der Waals surface area contributed by atoms with Gasteiger partial charge in [0.05, 0.1) is 0 Å². The third-order valence-corrected chi connectivity index (χ3v) is 5.62. The highest BCUT2D eigenvalue weighted by Crippen LogP contribution is 2.18.